The maximum atomic E-state index is 11.2. The molecule has 0 atom stereocenters. The highest BCUT2D eigenvalue weighted by atomic mass is 79.9. The SMILES string of the molecule is CN(C)C(=O)NCCNCc1ccc(Br)c(Br)c1. The monoisotopic (exact) mass is 377 g/mol. The minimum absolute atomic E-state index is 0.0665. The van der Waals surface area contributed by atoms with Crippen LogP contribution in [-0.4, -0.2) is 38.1 Å². The lowest BCUT2D eigenvalue weighted by atomic mass is 10.2. The van der Waals surface area contributed by atoms with E-state index in [0.717, 1.165) is 22.0 Å². The predicted molar refractivity (Wildman–Crippen MR) is 80.6 cm³/mol. The van der Waals surface area contributed by atoms with Crippen molar-refractivity contribution in [2.45, 2.75) is 6.54 Å². The van der Waals surface area contributed by atoms with Crippen molar-refractivity contribution >= 4 is 37.9 Å². The molecule has 18 heavy (non-hydrogen) atoms. The Morgan fingerprint density at radius 2 is 1.94 bits per heavy atom. The van der Waals surface area contributed by atoms with Gasteiger partial charge in [-0.1, -0.05) is 6.07 Å². The summed E-state index contributed by atoms with van der Waals surface area (Å²) in [6.07, 6.45) is 0. The highest BCUT2D eigenvalue weighted by molar-refractivity contribution is 9.13. The molecule has 0 aliphatic rings. The van der Waals surface area contributed by atoms with Crippen LogP contribution in [0.3, 0.4) is 0 Å². The minimum Gasteiger partial charge on any atom is -0.337 e. The summed E-state index contributed by atoms with van der Waals surface area (Å²) in [6, 6.07) is 6.06. The summed E-state index contributed by atoms with van der Waals surface area (Å²) < 4.78 is 2.09. The minimum atomic E-state index is -0.0665. The van der Waals surface area contributed by atoms with Crippen LogP contribution < -0.4 is 10.6 Å². The molecule has 0 aromatic heterocycles. The summed E-state index contributed by atoms with van der Waals surface area (Å²) in [5.41, 5.74) is 1.20. The first kappa shape index (κ1) is 15.5. The number of nitrogens with one attached hydrogen (secondary N) is 2. The Balaban J connectivity index is 2.22. The maximum absolute atomic E-state index is 11.2. The number of carbonyl (C=O) groups excluding carboxylic acids is 1. The third-order valence-electron chi connectivity index (χ3n) is 2.30. The van der Waals surface area contributed by atoms with Gasteiger partial charge in [-0.2, -0.15) is 0 Å². The van der Waals surface area contributed by atoms with Crippen LogP contribution in [0.15, 0.2) is 27.1 Å². The number of rotatable bonds is 5. The quantitative estimate of drug-likeness (QED) is 0.773. The van der Waals surface area contributed by atoms with Crippen LogP contribution in [0.25, 0.3) is 0 Å². The van der Waals surface area contributed by atoms with Gasteiger partial charge in [0.15, 0.2) is 0 Å². The van der Waals surface area contributed by atoms with Gasteiger partial charge in [0.2, 0.25) is 0 Å². The van der Waals surface area contributed by atoms with Gasteiger partial charge in [-0.05, 0) is 49.6 Å². The van der Waals surface area contributed by atoms with Crippen LogP contribution in [0, 0.1) is 0 Å². The van der Waals surface area contributed by atoms with Crippen LogP contribution in [0.4, 0.5) is 4.79 Å². The van der Waals surface area contributed by atoms with Gasteiger partial charge in [-0.25, -0.2) is 4.79 Å². The van der Waals surface area contributed by atoms with Crippen LogP contribution >= 0.6 is 31.9 Å². The molecule has 6 heteroatoms. The highest BCUT2D eigenvalue weighted by Gasteiger charge is 2.01. The molecule has 1 aromatic carbocycles. The van der Waals surface area contributed by atoms with E-state index in [9.17, 15) is 4.79 Å². The Morgan fingerprint density at radius 1 is 1.22 bits per heavy atom. The maximum Gasteiger partial charge on any atom is 0.316 e. The first-order valence-electron chi connectivity index (χ1n) is 5.60. The summed E-state index contributed by atoms with van der Waals surface area (Å²) in [5, 5.41) is 6.07. The Kier molecular flexibility index (Phi) is 6.67. The Morgan fingerprint density at radius 3 is 2.56 bits per heavy atom. The predicted octanol–water partition coefficient (Wildman–Crippen LogP) is 2.57. The first-order chi connectivity index (χ1) is 8.50. The van der Waals surface area contributed by atoms with Gasteiger partial charge in [-0.15, -0.1) is 0 Å². The van der Waals surface area contributed by atoms with Gasteiger partial charge in [0.25, 0.3) is 0 Å². The van der Waals surface area contributed by atoms with Crippen molar-refractivity contribution in [2.75, 3.05) is 27.2 Å². The normalized spacial score (nSPS) is 10.2. The third-order valence-corrected chi connectivity index (χ3v) is 4.18. The largest absolute Gasteiger partial charge is 0.337 e. The Bertz CT molecular complexity index is 410. The number of halogens is 2. The summed E-state index contributed by atoms with van der Waals surface area (Å²) in [4.78, 5) is 12.8. The van der Waals surface area contributed by atoms with E-state index in [4.69, 9.17) is 0 Å². The molecule has 0 saturated heterocycles. The van der Waals surface area contributed by atoms with E-state index in [0.29, 0.717) is 6.54 Å². The molecule has 100 valence electrons. The topological polar surface area (TPSA) is 44.4 Å². The molecule has 1 rings (SSSR count). The van der Waals surface area contributed by atoms with E-state index >= 15 is 0 Å². The molecular weight excluding hydrogens is 362 g/mol. The fourth-order valence-electron chi connectivity index (χ4n) is 1.30. The number of hydrogen-bond donors (Lipinski definition) is 2. The van der Waals surface area contributed by atoms with Crippen LogP contribution in [0.1, 0.15) is 5.56 Å². The Labute approximate surface area is 124 Å². The molecule has 0 heterocycles. The van der Waals surface area contributed by atoms with Crippen molar-refractivity contribution in [3.63, 3.8) is 0 Å². The van der Waals surface area contributed by atoms with E-state index in [2.05, 4.69) is 54.6 Å². The van der Waals surface area contributed by atoms with Crippen molar-refractivity contribution in [1.29, 1.82) is 0 Å². The van der Waals surface area contributed by atoms with E-state index < -0.39 is 0 Å². The lowest BCUT2D eigenvalue weighted by Crippen LogP contribution is -2.38. The van der Waals surface area contributed by atoms with E-state index in [1.165, 1.54) is 10.5 Å². The average Bonchev–Trinajstić information content (AvgIpc) is 2.32. The van der Waals surface area contributed by atoms with Gasteiger partial charge in [0, 0.05) is 42.7 Å². The van der Waals surface area contributed by atoms with Gasteiger partial charge >= 0.3 is 6.03 Å². The van der Waals surface area contributed by atoms with Crippen molar-refractivity contribution < 1.29 is 4.79 Å². The molecule has 1 aromatic rings. The molecule has 0 radical (unpaired) electrons. The summed E-state index contributed by atoms with van der Waals surface area (Å²) in [5.74, 6) is 0. The smallest absolute Gasteiger partial charge is 0.316 e. The van der Waals surface area contributed by atoms with Crippen LogP contribution in [0.5, 0.6) is 0 Å². The van der Waals surface area contributed by atoms with Gasteiger partial charge in [0.05, 0.1) is 0 Å². The van der Waals surface area contributed by atoms with Crippen LogP contribution in [-0.2, 0) is 6.54 Å². The lowest BCUT2D eigenvalue weighted by molar-refractivity contribution is 0.217. The molecule has 0 aliphatic carbocycles. The van der Waals surface area contributed by atoms with Gasteiger partial charge < -0.3 is 15.5 Å². The number of hydrogen-bond acceptors (Lipinski definition) is 2. The second-order valence-corrected chi connectivity index (χ2v) is 5.76. The molecule has 0 aliphatic heterocycles. The third kappa shape index (κ3) is 5.37. The van der Waals surface area contributed by atoms with Crippen molar-refractivity contribution in [2.24, 2.45) is 0 Å². The molecule has 2 amide bonds. The zero-order valence-corrected chi connectivity index (χ0v) is 13.6. The van der Waals surface area contributed by atoms with Crippen molar-refractivity contribution in [3.8, 4) is 0 Å². The first-order valence-corrected chi connectivity index (χ1v) is 7.19. The zero-order valence-electron chi connectivity index (χ0n) is 10.5. The molecule has 0 unspecified atom stereocenters. The summed E-state index contributed by atoms with van der Waals surface area (Å²) >= 11 is 6.90. The highest BCUT2D eigenvalue weighted by Crippen LogP contribution is 2.23. The second kappa shape index (κ2) is 7.76. The number of urea groups is 1. The lowest BCUT2D eigenvalue weighted by Gasteiger charge is -2.12. The molecule has 0 spiro atoms. The van der Waals surface area contributed by atoms with Crippen LogP contribution in [0.2, 0.25) is 0 Å². The van der Waals surface area contributed by atoms with Crippen molar-refractivity contribution in [1.82, 2.24) is 15.5 Å². The molecule has 0 saturated carbocycles. The number of amides is 2. The number of carbonyl (C=O) groups is 1. The number of nitrogens with zero attached hydrogens (tertiary/aromatic N) is 1. The fourth-order valence-corrected chi connectivity index (χ4v) is 1.97. The van der Waals surface area contributed by atoms with Gasteiger partial charge in [0.1, 0.15) is 0 Å². The van der Waals surface area contributed by atoms with Gasteiger partial charge in [-0.3, -0.25) is 0 Å². The standard InChI is InChI=1S/C12H17Br2N3O/c1-17(2)12(18)16-6-5-15-8-9-3-4-10(13)11(14)7-9/h3-4,7,15H,5-6,8H2,1-2H3,(H,16,18). The summed E-state index contributed by atoms with van der Waals surface area (Å²) in [6.45, 7) is 2.14. The molecule has 2 N–H and O–H groups in total. The van der Waals surface area contributed by atoms with E-state index in [1.54, 1.807) is 14.1 Å². The second-order valence-electron chi connectivity index (χ2n) is 4.05. The number of benzene rings is 1. The fraction of sp³-hybridized carbons (Fsp3) is 0.417. The van der Waals surface area contributed by atoms with Crippen molar-refractivity contribution in [3.05, 3.63) is 32.7 Å². The molecular formula is C12H17Br2N3O. The molecule has 4 nitrogen and oxygen atoms in total. The zero-order chi connectivity index (χ0) is 13.5. The Hall–Kier alpha value is -0.590. The van der Waals surface area contributed by atoms with E-state index in [1.807, 2.05) is 6.07 Å². The molecule has 0 bridgehead atoms. The average molecular weight is 379 g/mol. The summed E-state index contributed by atoms with van der Waals surface area (Å²) in [7, 11) is 3.45. The molecule has 0 fully saturated rings. The van der Waals surface area contributed by atoms with E-state index in [-0.39, 0.29) is 6.03 Å².